The van der Waals surface area contributed by atoms with Gasteiger partial charge in [-0.3, -0.25) is 14.7 Å². The number of hydrogen-bond donors (Lipinski definition) is 3. The molecule has 3 N–H and O–H groups in total. The summed E-state index contributed by atoms with van der Waals surface area (Å²) in [6, 6.07) is 8.96. The van der Waals surface area contributed by atoms with E-state index >= 15 is 0 Å². The Bertz CT molecular complexity index is 649. The summed E-state index contributed by atoms with van der Waals surface area (Å²) in [7, 11) is 0. The number of aromatic nitrogens is 2. The predicted octanol–water partition coefficient (Wildman–Crippen LogP) is 1.65. The number of amides is 2. The van der Waals surface area contributed by atoms with Gasteiger partial charge in [-0.25, -0.2) is 0 Å². The number of rotatable bonds is 5. The number of anilines is 1. The van der Waals surface area contributed by atoms with Crippen LogP contribution in [0.2, 0.25) is 0 Å². The fraction of sp³-hybridized carbons (Fsp3) is 0.267. The number of aromatic amines is 1. The molecule has 0 aliphatic rings. The van der Waals surface area contributed by atoms with Crippen LogP contribution in [0.4, 0.5) is 5.82 Å². The smallest absolute Gasteiger partial charge is 0.251 e. The molecule has 0 bridgehead atoms. The molecule has 1 heterocycles. The summed E-state index contributed by atoms with van der Waals surface area (Å²) in [4.78, 5) is 23.6. The average Bonchev–Trinajstić information content (AvgIpc) is 2.92. The molecule has 0 aliphatic heterocycles. The first-order valence-corrected chi connectivity index (χ1v) is 6.77. The second kappa shape index (κ2) is 6.69. The van der Waals surface area contributed by atoms with Crippen LogP contribution in [-0.4, -0.2) is 28.6 Å². The second-order valence-corrected chi connectivity index (χ2v) is 4.73. The highest BCUT2D eigenvalue weighted by Crippen LogP contribution is 2.05. The van der Waals surface area contributed by atoms with Gasteiger partial charge in [-0.15, -0.1) is 0 Å². The molecule has 2 amide bonds. The highest BCUT2D eigenvalue weighted by atomic mass is 16.2. The van der Waals surface area contributed by atoms with E-state index in [-0.39, 0.29) is 18.4 Å². The average molecular weight is 286 g/mol. The minimum atomic E-state index is -0.315. The Morgan fingerprint density at radius 1 is 1.29 bits per heavy atom. The van der Waals surface area contributed by atoms with Gasteiger partial charge in [-0.1, -0.05) is 24.6 Å². The molecular formula is C15H18N4O2. The SMILES string of the molecule is CCc1cc(NC(=O)CNC(=O)c2cccc(C)c2)n[nH]1. The second-order valence-electron chi connectivity index (χ2n) is 4.73. The molecule has 21 heavy (non-hydrogen) atoms. The monoisotopic (exact) mass is 286 g/mol. The van der Waals surface area contributed by atoms with E-state index in [2.05, 4.69) is 20.8 Å². The molecule has 0 fully saturated rings. The summed E-state index contributed by atoms with van der Waals surface area (Å²) < 4.78 is 0. The van der Waals surface area contributed by atoms with Gasteiger partial charge in [0.15, 0.2) is 5.82 Å². The molecule has 0 unspecified atom stereocenters. The zero-order valence-corrected chi connectivity index (χ0v) is 12.1. The fourth-order valence-corrected chi connectivity index (χ4v) is 1.84. The molecule has 0 spiro atoms. The highest BCUT2D eigenvalue weighted by molar-refractivity contribution is 5.99. The van der Waals surface area contributed by atoms with Crippen LogP contribution in [0.25, 0.3) is 0 Å². The summed E-state index contributed by atoms with van der Waals surface area (Å²) in [5.41, 5.74) is 2.47. The van der Waals surface area contributed by atoms with Gasteiger partial charge >= 0.3 is 0 Å². The third kappa shape index (κ3) is 4.17. The highest BCUT2D eigenvalue weighted by Gasteiger charge is 2.09. The van der Waals surface area contributed by atoms with Gasteiger partial charge in [0.25, 0.3) is 5.91 Å². The van der Waals surface area contributed by atoms with E-state index in [0.717, 1.165) is 17.7 Å². The minimum absolute atomic E-state index is 0.0961. The van der Waals surface area contributed by atoms with Crippen LogP contribution < -0.4 is 10.6 Å². The van der Waals surface area contributed by atoms with Gasteiger partial charge in [0.2, 0.25) is 5.91 Å². The number of carbonyl (C=O) groups excluding carboxylic acids is 2. The molecular weight excluding hydrogens is 268 g/mol. The fourth-order valence-electron chi connectivity index (χ4n) is 1.84. The Balaban J connectivity index is 1.85. The van der Waals surface area contributed by atoms with E-state index in [1.807, 2.05) is 19.9 Å². The molecule has 6 nitrogen and oxygen atoms in total. The molecule has 0 radical (unpaired) electrons. The summed E-state index contributed by atoms with van der Waals surface area (Å²) in [6.45, 7) is 3.80. The van der Waals surface area contributed by atoms with Crippen molar-refractivity contribution >= 4 is 17.6 Å². The van der Waals surface area contributed by atoms with E-state index in [1.165, 1.54) is 0 Å². The zero-order valence-electron chi connectivity index (χ0n) is 12.1. The molecule has 1 aromatic heterocycles. The summed E-state index contributed by atoms with van der Waals surface area (Å²) >= 11 is 0. The van der Waals surface area contributed by atoms with Gasteiger partial charge < -0.3 is 10.6 Å². The minimum Gasteiger partial charge on any atom is -0.343 e. The van der Waals surface area contributed by atoms with Crippen molar-refractivity contribution in [1.82, 2.24) is 15.5 Å². The zero-order chi connectivity index (χ0) is 15.2. The van der Waals surface area contributed by atoms with Gasteiger partial charge in [0.05, 0.1) is 6.54 Å². The van der Waals surface area contributed by atoms with E-state index in [4.69, 9.17) is 0 Å². The van der Waals surface area contributed by atoms with Crippen molar-refractivity contribution in [3.8, 4) is 0 Å². The molecule has 110 valence electrons. The van der Waals surface area contributed by atoms with Crippen molar-refractivity contribution in [2.45, 2.75) is 20.3 Å². The van der Waals surface area contributed by atoms with E-state index in [9.17, 15) is 9.59 Å². The van der Waals surface area contributed by atoms with E-state index in [1.54, 1.807) is 24.3 Å². The first-order valence-electron chi connectivity index (χ1n) is 6.77. The third-order valence-corrected chi connectivity index (χ3v) is 2.97. The molecule has 0 saturated heterocycles. The van der Waals surface area contributed by atoms with Crippen LogP contribution in [-0.2, 0) is 11.2 Å². The van der Waals surface area contributed by atoms with Crippen molar-refractivity contribution in [3.63, 3.8) is 0 Å². The van der Waals surface area contributed by atoms with Gasteiger partial charge in [0.1, 0.15) is 0 Å². The topological polar surface area (TPSA) is 86.9 Å². The maximum absolute atomic E-state index is 11.9. The first-order chi connectivity index (χ1) is 10.1. The Morgan fingerprint density at radius 2 is 2.10 bits per heavy atom. The normalized spacial score (nSPS) is 10.2. The van der Waals surface area contributed by atoms with Crippen LogP contribution in [0.5, 0.6) is 0 Å². The first kappa shape index (κ1) is 14.8. The van der Waals surface area contributed by atoms with Gasteiger partial charge in [-0.05, 0) is 25.5 Å². The van der Waals surface area contributed by atoms with Crippen molar-refractivity contribution in [1.29, 1.82) is 0 Å². The molecule has 6 heteroatoms. The van der Waals surface area contributed by atoms with Gasteiger partial charge in [-0.2, -0.15) is 5.10 Å². The lowest BCUT2D eigenvalue weighted by Crippen LogP contribution is -2.32. The van der Waals surface area contributed by atoms with Gasteiger partial charge in [0, 0.05) is 17.3 Å². The van der Waals surface area contributed by atoms with Crippen LogP contribution in [0, 0.1) is 6.92 Å². The van der Waals surface area contributed by atoms with Crippen molar-refractivity contribution in [3.05, 3.63) is 47.2 Å². The summed E-state index contributed by atoms with van der Waals surface area (Å²) in [5, 5.41) is 12.0. The van der Waals surface area contributed by atoms with Crippen molar-refractivity contribution < 1.29 is 9.59 Å². The Morgan fingerprint density at radius 3 is 2.76 bits per heavy atom. The number of hydrogen-bond acceptors (Lipinski definition) is 3. The largest absolute Gasteiger partial charge is 0.343 e. The molecule has 1 aromatic carbocycles. The Hall–Kier alpha value is -2.63. The lowest BCUT2D eigenvalue weighted by Gasteiger charge is -2.05. The van der Waals surface area contributed by atoms with Crippen molar-refractivity contribution in [2.24, 2.45) is 0 Å². The maximum atomic E-state index is 11.9. The van der Waals surface area contributed by atoms with Crippen molar-refractivity contribution in [2.75, 3.05) is 11.9 Å². The molecule has 0 atom stereocenters. The Labute approximate surface area is 122 Å². The number of benzene rings is 1. The Kier molecular flexibility index (Phi) is 4.71. The van der Waals surface area contributed by atoms with Crippen LogP contribution >= 0.6 is 0 Å². The number of carbonyl (C=O) groups is 2. The van der Waals surface area contributed by atoms with Crippen LogP contribution in [0.15, 0.2) is 30.3 Å². The lowest BCUT2D eigenvalue weighted by molar-refractivity contribution is -0.115. The molecule has 2 rings (SSSR count). The van der Waals surface area contributed by atoms with Crippen LogP contribution in [0.1, 0.15) is 28.5 Å². The third-order valence-electron chi connectivity index (χ3n) is 2.97. The predicted molar refractivity (Wildman–Crippen MR) is 80.1 cm³/mol. The number of nitrogens with zero attached hydrogens (tertiary/aromatic N) is 1. The molecule has 2 aromatic rings. The quantitative estimate of drug-likeness (QED) is 0.781. The van der Waals surface area contributed by atoms with Crippen LogP contribution in [0.3, 0.4) is 0 Å². The number of H-pyrrole nitrogens is 1. The summed E-state index contributed by atoms with van der Waals surface area (Å²) in [5.74, 6) is -0.128. The summed E-state index contributed by atoms with van der Waals surface area (Å²) in [6.07, 6.45) is 0.812. The molecule has 0 aliphatic carbocycles. The molecule has 0 saturated carbocycles. The standard InChI is InChI=1S/C15H18N4O2/c1-3-12-8-13(19-18-12)17-14(20)9-16-15(21)11-6-4-5-10(2)7-11/h4-8H,3,9H2,1-2H3,(H,16,21)(H2,17,18,19,20). The maximum Gasteiger partial charge on any atom is 0.251 e. The van der Waals surface area contributed by atoms with E-state index in [0.29, 0.717) is 11.4 Å². The van der Waals surface area contributed by atoms with E-state index < -0.39 is 0 Å². The lowest BCUT2D eigenvalue weighted by atomic mass is 10.1. The number of aryl methyl sites for hydroxylation is 2. The number of nitrogens with one attached hydrogen (secondary N) is 3.